The zero-order chi connectivity index (χ0) is 12.8. The molecule has 0 fully saturated rings. The molecule has 1 N–H and O–H groups in total. The molecule has 0 aliphatic heterocycles. The van der Waals surface area contributed by atoms with Gasteiger partial charge in [-0.25, -0.2) is 0 Å². The third-order valence-electron chi connectivity index (χ3n) is 2.46. The van der Waals surface area contributed by atoms with E-state index in [0.29, 0.717) is 24.7 Å². The smallest absolute Gasteiger partial charge is 0.230 e. The molecule has 5 heteroatoms. The monoisotopic (exact) mass is 309 g/mol. The van der Waals surface area contributed by atoms with Crippen molar-refractivity contribution < 1.29 is 4.42 Å². The van der Waals surface area contributed by atoms with Crippen molar-refractivity contribution in [3.63, 3.8) is 0 Å². The van der Waals surface area contributed by atoms with Gasteiger partial charge in [-0.3, -0.25) is 0 Å². The van der Waals surface area contributed by atoms with Crippen molar-refractivity contribution in [2.24, 2.45) is 0 Å². The lowest BCUT2D eigenvalue weighted by atomic mass is 10.1. The van der Waals surface area contributed by atoms with E-state index in [4.69, 9.17) is 4.42 Å². The molecule has 1 heterocycles. The Bertz CT molecular complexity index is 498. The van der Waals surface area contributed by atoms with E-state index in [1.807, 2.05) is 18.2 Å². The summed E-state index contributed by atoms with van der Waals surface area (Å²) in [6, 6.07) is 8.10. The van der Waals surface area contributed by atoms with Crippen LogP contribution in [0.4, 0.5) is 0 Å². The fraction of sp³-hybridized carbons (Fsp3) is 0.385. The summed E-state index contributed by atoms with van der Waals surface area (Å²) in [5.41, 5.74) is 1.15. The van der Waals surface area contributed by atoms with E-state index in [2.05, 4.69) is 44.4 Å². The van der Waals surface area contributed by atoms with Crippen LogP contribution in [0.3, 0.4) is 0 Å². The van der Waals surface area contributed by atoms with Crippen LogP contribution in [0.1, 0.15) is 30.7 Å². The van der Waals surface area contributed by atoms with Crippen molar-refractivity contribution in [2.75, 3.05) is 6.54 Å². The molecule has 2 rings (SSSR count). The lowest BCUT2D eigenvalue weighted by molar-refractivity contribution is 0.439. The molecule has 0 aliphatic carbocycles. The fourth-order valence-corrected chi connectivity index (χ4v) is 2.07. The molecule has 0 radical (unpaired) electrons. The predicted molar refractivity (Wildman–Crippen MR) is 73.2 cm³/mol. The maximum atomic E-state index is 5.57. The van der Waals surface area contributed by atoms with Crippen molar-refractivity contribution in [3.8, 4) is 0 Å². The van der Waals surface area contributed by atoms with Gasteiger partial charge in [0.05, 0.1) is 13.0 Å². The van der Waals surface area contributed by atoms with Crippen LogP contribution in [0.2, 0.25) is 0 Å². The summed E-state index contributed by atoms with van der Waals surface area (Å²) in [7, 11) is 0. The molecule has 0 unspecified atom stereocenters. The van der Waals surface area contributed by atoms with Crippen molar-refractivity contribution in [3.05, 3.63) is 46.1 Å². The predicted octanol–water partition coefficient (Wildman–Crippen LogP) is 2.92. The Morgan fingerprint density at radius 3 is 2.89 bits per heavy atom. The van der Waals surface area contributed by atoms with Crippen LogP contribution >= 0.6 is 15.9 Å². The summed E-state index contributed by atoms with van der Waals surface area (Å²) in [6.07, 6.45) is 1.76. The van der Waals surface area contributed by atoms with Crippen LogP contribution in [0.5, 0.6) is 0 Å². The molecule has 18 heavy (non-hydrogen) atoms. The maximum Gasteiger partial charge on any atom is 0.230 e. The molecular weight excluding hydrogens is 294 g/mol. The number of nitrogens with zero attached hydrogens (tertiary/aromatic N) is 2. The molecule has 96 valence electrons. The largest absolute Gasteiger partial charge is 0.424 e. The van der Waals surface area contributed by atoms with E-state index >= 15 is 0 Å². The molecule has 0 bridgehead atoms. The number of hydrogen-bond acceptors (Lipinski definition) is 4. The van der Waals surface area contributed by atoms with Gasteiger partial charge in [-0.2, -0.15) is 0 Å². The first-order valence-electron chi connectivity index (χ1n) is 6.04. The minimum atomic E-state index is 0.638. The average Bonchev–Trinajstić information content (AvgIpc) is 2.77. The standard InChI is InChI=1S/C13H16BrN3O/c1-2-6-15-9-13-17-16-12(18-13)8-10-4-3-5-11(14)7-10/h3-5,7,15H,2,6,8-9H2,1H3. The second-order valence-corrected chi connectivity index (χ2v) is 4.99. The average molecular weight is 310 g/mol. The second-order valence-electron chi connectivity index (χ2n) is 4.07. The lowest BCUT2D eigenvalue weighted by Crippen LogP contribution is -2.13. The normalized spacial score (nSPS) is 10.8. The second kappa shape index (κ2) is 6.66. The Hall–Kier alpha value is -1.20. The summed E-state index contributed by atoms with van der Waals surface area (Å²) in [4.78, 5) is 0. The van der Waals surface area contributed by atoms with Crippen molar-refractivity contribution in [1.82, 2.24) is 15.5 Å². The van der Waals surface area contributed by atoms with Gasteiger partial charge in [-0.1, -0.05) is 35.0 Å². The van der Waals surface area contributed by atoms with Crippen molar-refractivity contribution in [2.45, 2.75) is 26.3 Å². The van der Waals surface area contributed by atoms with E-state index in [-0.39, 0.29) is 0 Å². The molecule has 0 aliphatic rings. The molecule has 0 amide bonds. The van der Waals surface area contributed by atoms with Gasteiger partial charge in [0, 0.05) is 4.47 Å². The van der Waals surface area contributed by atoms with Crippen LogP contribution in [0.25, 0.3) is 0 Å². The number of rotatable bonds is 6. The highest BCUT2D eigenvalue weighted by molar-refractivity contribution is 9.10. The molecule has 0 saturated carbocycles. The quantitative estimate of drug-likeness (QED) is 0.834. The molecule has 0 spiro atoms. The molecule has 4 nitrogen and oxygen atoms in total. The first-order valence-corrected chi connectivity index (χ1v) is 6.83. The molecule has 0 saturated heterocycles. The van der Waals surface area contributed by atoms with Crippen LogP contribution in [-0.4, -0.2) is 16.7 Å². The van der Waals surface area contributed by atoms with Gasteiger partial charge in [-0.15, -0.1) is 10.2 Å². The third-order valence-corrected chi connectivity index (χ3v) is 2.95. The Morgan fingerprint density at radius 2 is 2.11 bits per heavy atom. The van der Waals surface area contributed by atoms with Gasteiger partial charge in [-0.05, 0) is 30.7 Å². The zero-order valence-electron chi connectivity index (χ0n) is 10.3. The molecule has 0 atom stereocenters. The van der Waals surface area contributed by atoms with E-state index in [0.717, 1.165) is 23.0 Å². The summed E-state index contributed by atoms with van der Waals surface area (Å²) in [5.74, 6) is 1.30. The number of aromatic nitrogens is 2. The fourth-order valence-electron chi connectivity index (χ4n) is 1.62. The Balaban J connectivity index is 1.94. The summed E-state index contributed by atoms with van der Waals surface area (Å²) >= 11 is 3.45. The van der Waals surface area contributed by atoms with Gasteiger partial charge in [0.1, 0.15) is 0 Å². The Morgan fingerprint density at radius 1 is 1.28 bits per heavy atom. The molecule has 2 aromatic rings. The SMILES string of the molecule is CCCNCc1nnc(Cc2cccc(Br)c2)o1. The summed E-state index contributed by atoms with van der Waals surface area (Å²) in [6.45, 7) is 3.72. The summed E-state index contributed by atoms with van der Waals surface area (Å²) in [5, 5.41) is 11.3. The minimum absolute atomic E-state index is 0.638. The zero-order valence-corrected chi connectivity index (χ0v) is 11.9. The summed E-state index contributed by atoms with van der Waals surface area (Å²) < 4.78 is 6.63. The van der Waals surface area contributed by atoms with Crippen LogP contribution in [-0.2, 0) is 13.0 Å². The van der Waals surface area contributed by atoms with Gasteiger partial charge in [0.15, 0.2) is 0 Å². The minimum Gasteiger partial charge on any atom is -0.424 e. The molecule has 1 aromatic heterocycles. The van der Waals surface area contributed by atoms with Crippen LogP contribution < -0.4 is 5.32 Å². The van der Waals surface area contributed by atoms with Crippen molar-refractivity contribution in [1.29, 1.82) is 0 Å². The Kier molecular flexibility index (Phi) is 4.90. The highest BCUT2D eigenvalue weighted by Gasteiger charge is 2.06. The van der Waals surface area contributed by atoms with Gasteiger partial charge < -0.3 is 9.73 Å². The number of halogens is 1. The molecule has 1 aromatic carbocycles. The van der Waals surface area contributed by atoms with Gasteiger partial charge >= 0.3 is 0 Å². The maximum absolute atomic E-state index is 5.57. The van der Waals surface area contributed by atoms with E-state index in [1.54, 1.807) is 0 Å². The third kappa shape index (κ3) is 3.92. The van der Waals surface area contributed by atoms with E-state index in [1.165, 1.54) is 0 Å². The van der Waals surface area contributed by atoms with E-state index < -0.39 is 0 Å². The first-order chi connectivity index (χ1) is 8.78. The lowest BCUT2D eigenvalue weighted by Gasteiger charge is -1.98. The van der Waals surface area contributed by atoms with Crippen molar-refractivity contribution >= 4 is 15.9 Å². The highest BCUT2D eigenvalue weighted by Crippen LogP contribution is 2.14. The van der Waals surface area contributed by atoms with Gasteiger partial charge in [0.25, 0.3) is 0 Å². The topological polar surface area (TPSA) is 51.0 Å². The number of benzene rings is 1. The number of hydrogen-bond donors (Lipinski definition) is 1. The van der Waals surface area contributed by atoms with E-state index in [9.17, 15) is 0 Å². The van der Waals surface area contributed by atoms with Crippen LogP contribution in [0, 0.1) is 0 Å². The van der Waals surface area contributed by atoms with Crippen LogP contribution in [0.15, 0.2) is 33.2 Å². The molecular formula is C13H16BrN3O. The highest BCUT2D eigenvalue weighted by atomic mass is 79.9. The Labute approximate surface area is 115 Å². The van der Waals surface area contributed by atoms with Gasteiger partial charge in [0.2, 0.25) is 11.8 Å². The first kappa shape index (κ1) is 13.2. The number of nitrogens with one attached hydrogen (secondary N) is 1.